The van der Waals surface area contributed by atoms with E-state index < -0.39 is 24.2 Å². The maximum absolute atomic E-state index is 13.5. The summed E-state index contributed by atoms with van der Waals surface area (Å²) >= 11 is 0. The molecule has 3 aliphatic rings. The lowest BCUT2D eigenvalue weighted by Crippen LogP contribution is -2.42. The van der Waals surface area contributed by atoms with Crippen LogP contribution in [0.1, 0.15) is 31.2 Å². The Labute approximate surface area is 167 Å². The van der Waals surface area contributed by atoms with Crippen molar-refractivity contribution in [1.82, 2.24) is 30.2 Å². The second-order valence-corrected chi connectivity index (χ2v) is 7.46. The molecule has 2 aromatic rings. The predicted octanol–water partition coefficient (Wildman–Crippen LogP) is 1.41. The summed E-state index contributed by atoms with van der Waals surface area (Å²) < 4.78 is 41.8. The van der Waals surface area contributed by atoms with Crippen molar-refractivity contribution in [2.75, 3.05) is 16.8 Å². The number of rotatable bonds is 4. The zero-order valence-corrected chi connectivity index (χ0v) is 15.5. The lowest BCUT2D eigenvalue weighted by atomic mass is 10.2. The maximum atomic E-state index is 13.5. The van der Waals surface area contributed by atoms with Crippen LogP contribution in [0.15, 0.2) is 11.9 Å². The highest BCUT2D eigenvalue weighted by molar-refractivity contribution is 6.14. The van der Waals surface area contributed by atoms with Gasteiger partial charge in [0, 0.05) is 18.2 Å². The van der Waals surface area contributed by atoms with E-state index in [4.69, 9.17) is 0 Å². The van der Waals surface area contributed by atoms with Crippen molar-refractivity contribution in [3.63, 3.8) is 0 Å². The van der Waals surface area contributed by atoms with E-state index >= 15 is 0 Å². The molecule has 2 saturated heterocycles. The minimum Gasteiger partial charge on any atom is -0.351 e. The van der Waals surface area contributed by atoms with Crippen molar-refractivity contribution in [2.45, 2.75) is 43.9 Å². The summed E-state index contributed by atoms with van der Waals surface area (Å²) in [7, 11) is 0. The number of halogens is 3. The number of alkyl halides is 3. The SMILES string of the molecule is O=C1NC(=O)/C(=C/c2cnn3c(NC4CC4)nc(N4CCCC4C(F)(F)F)nc23)N1. The maximum Gasteiger partial charge on any atom is 0.408 e. The van der Waals surface area contributed by atoms with Crippen molar-refractivity contribution in [3.8, 4) is 0 Å². The third-order valence-electron chi connectivity index (χ3n) is 5.20. The minimum atomic E-state index is -4.40. The number of urea groups is 1. The number of fused-ring (bicyclic) bond motifs is 1. The van der Waals surface area contributed by atoms with E-state index in [1.807, 2.05) is 0 Å². The van der Waals surface area contributed by atoms with Gasteiger partial charge in [-0.15, -0.1) is 0 Å². The number of anilines is 2. The van der Waals surface area contributed by atoms with E-state index in [0.29, 0.717) is 12.0 Å². The van der Waals surface area contributed by atoms with Crippen LogP contribution in [-0.4, -0.2) is 56.3 Å². The van der Waals surface area contributed by atoms with Crippen LogP contribution in [0.25, 0.3) is 11.7 Å². The van der Waals surface area contributed by atoms with Crippen LogP contribution in [0, 0.1) is 0 Å². The van der Waals surface area contributed by atoms with Gasteiger partial charge in [-0.05, 0) is 31.8 Å². The first-order valence-corrected chi connectivity index (χ1v) is 9.49. The fraction of sp³-hybridized carbons (Fsp3) is 0.471. The monoisotopic (exact) mass is 422 g/mol. The van der Waals surface area contributed by atoms with Gasteiger partial charge in [0.2, 0.25) is 11.9 Å². The van der Waals surface area contributed by atoms with Gasteiger partial charge in [-0.1, -0.05) is 0 Å². The fourth-order valence-corrected chi connectivity index (χ4v) is 3.60. The molecule has 0 spiro atoms. The Hall–Kier alpha value is -3.38. The number of aromatic nitrogens is 4. The first kappa shape index (κ1) is 18.6. The Morgan fingerprint density at radius 3 is 2.63 bits per heavy atom. The van der Waals surface area contributed by atoms with E-state index in [0.717, 1.165) is 17.7 Å². The summed E-state index contributed by atoms with van der Waals surface area (Å²) in [5, 5.41) is 11.8. The summed E-state index contributed by atoms with van der Waals surface area (Å²) in [4.78, 5) is 33.0. The van der Waals surface area contributed by atoms with E-state index in [9.17, 15) is 22.8 Å². The van der Waals surface area contributed by atoms with Crippen molar-refractivity contribution in [2.24, 2.45) is 0 Å². The second-order valence-electron chi connectivity index (χ2n) is 7.46. The highest BCUT2D eigenvalue weighted by atomic mass is 19.4. The van der Waals surface area contributed by atoms with E-state index in [1.54, 1.807) is 0 Å². The Bertz CT molecular complexity index is 1070. The van der Waals surface area contributed by atoms with Gasteiger partial charge in [-0.2, -0.15) is 32.8 Å². The first-order valence-electron chi connectivity index (χ1n) is 9.49. The molecule has 3 fully saturated rings. The highest BCUT2D eigenvalue weighted by Gasteiger charge is 2.47. The smallest absolute Gasteiger partial charge is 0.351 e. The Morgan fingerprint density at radius 1 is 1.17 bits per heavy atom. The zero-order chi connectivity index (χ0) is 21.0. The summed E-state index contributed by atoms with van der Waals surface area (Å²) in [6.07, 6.45) is 0.624. The molecular weight excluding hydrogens is 405 g/mol. The van der Waals surface area contributed by atoms with Crippen LogP contribution in [0.3, 0.4) is 0 Å². The van der Waals surface area contributed by atoms with Gasteiger partial charge in [0.25, 0.3) is 5.91 Å². The molecule has 3 amide bonds. The van der Waals surface area contributed by atoms with E-state index in [-0.39, 0.29) is 42.2 Å². The number of carbonyl (C=O) groups excluding carboxylic acids is 2. The standard InChI is InChI=1S/C17H17F3N8O2/c18-17(19,20)11-2-1-5-27(11)14-24-12-8(6-10-13(29)25-16(30)23-10)7-21-28(12)15(26-14)22-9-3-4-9/h6-7,9,11H,1-5H2,(H,22,24,26)(H2,23,25,29,30)/b10-6-. The fourth-order valence-electron chi connectivity index (χ4n) is 3.60. The molecule has 0 radical (unpaired) electrons. The molecule has 2 aromatic heterocycles. The average molecular weight is 422 g/mol. The van der Waals surface area contributed by atoms with E-state index in [1.165, 1.54) is 16.8 Å². The second kappa shape index (κ2) is 6.57. The van der Waals surface area contributed by atoms with Crippen LogP contribution in [-0.2, 0) is 4.79 Å². The molecule has 1 atom stereocenters. The molecule has 5 rings (SSSR count). The molecule has 10 nitrogen and oxygen atoms in total. The number of carbonyl (C=O) groups is 2. The van der Waals surface area contributed by atoms with Crippen LogP contribution >= 0.6 is 0 Å². The Balaban J connectivity index is 1.60. The molecule has 158 valence electrons. The van der Waals surface area contributed by atoms with E-state index in [2.05, 4.69) is 31.0 Å². The number of nitrogens with zero attached hydrogens (tertiary/aromatic N) is 5. The molecule has 0 bridgehead atoms. The molecule has 4 heterocycles. The van der Waals surface area contributed by atoms with Gasteiger partial charge < -0.3 is 15.5 Å². The number of nitrogens with one attached hydrogen (secondary N) is 3. The van der Waals surface area contributed by atoms with Crippen LogP contribution in [0.4, 0.5) is 29.9 Å². The molecule has 0 aromatic carbocycles. The number of hydrogen-bond acceptors (Lipinski definition) is 7. The summed E-state index contributed by atoms with van der Waals surface area (Å²) in [5.41, 5.74) is 0.603. The van der Waals surface area contributed by atoms with Crippen LogP contribution in [0.2, 0.25) is 0 Å². The van der Waals surface area contributed by atoms with Gasteiger partial charge in [-0.25, -0.2) is 4.79 Å². The van der Waals surface area contributed by atoms with Gasteiger partial charge in [-0.3, -0.25) is 10.1 Å². The van der Waals surface area contributed by atoms with Crippen LogP contribution < -0.4 is 20.9 Å². The Morgan fingerprint density at radius 2 is 1.97 bits per heavy atom. The minimum absolute atomic E-state index is 0.00102. The van der Waals surface area contributed by atoms with Crippen molar-refractivity contribution in [3.05, 3.63) is 17.5 Å². The summed E-state index contributed by atoms with van der Waals surface area (Å²) in [6, 6.07) is -2.13. The van der Waals surface area contributed by atoms with Gasteiger partial charge in [0.05, 0.1) is 6.20 Å². The molecule has 1 saturated carbocycles. The van der Waals surface area contributed by atoms with Gasteiger partial charge in [0.1, 0.15) is 11.7 Å². The normalized spacial score (nSPS) is 23.4. The zero-order valence-electron chi connectivity index (χ0n) is 15.5. The third kappa shape index (κ3) is 3.29. The van der Waals surface area contributed by atoms with Gasteiger partial charge in [0.15, 0.2) is 5.65 Å². The topological polar surface area (TPSA) is 117 Å². The molecule has 1 aliphatic carbocycles. The summed E-state index contributed by atoms with van der Waals surface area (Å²) in [6.45, 7) is 0.187. The molecular formula is C17H17F3N8O2. The quantitative estimate of drug-likeness (QED) is 0.504. The number of imide groups is 1. The molecule has 2 aliphatic heterocycles. The number of amides is 3. The van der Waals surface area contributed by atoms with Crippen molar-refractivity contribution in [1.29, 1.82) is 0 Å². The predicted molar refractivity (Wildman–Crippen MR) is 98.5 cm³/mol. The lowest BCUT2D eigenvalue weighted by Gasteiger charge is -2.26. The molecule has 30 heavy (non-hydrogen) atoms. The largest absolute Gasteiger partial charge is 0.408 e. The number of hydrogen-bond donors (Lipinski definition) is 3. The van der Waals surface area contributed by atoms with Crippen LogP contribution in [0.5, 0.6) is 0 Å². The highest BCUT2D eigenvalue weighted by Crippen LogP contribution is 2.35. The van der Waals surface area contributed by atoms with Gasteiger partial charge >= 0.3 is 12.2 Å². The summed E-state index contributed by atoms with van der Waals surface area (Å²) in [5.74, 6) is -0.373. The molecule has 13 heteroatoms. The third-order valence-corrected chi connectivity index (χ3v) is 5.20. The first-order chi connectivity index (χ1) is 14.3. The lowest BCUT2D eigenvalue weighted by molar-refractivity contribution is -0.146. The molecule has 3 N–H and O–H groups in total. The molecule has 1 unspecified atom stereocenters. The Kier molecular flexibility index (Phi) is 4.08. The average Bonchev–Trinajstić information content (AvgIpc) is 3.07. The van der Waals surface area contributed by atoms with Crippen molar-refractivity contribution >= 4 is 35.6 Å². The van der Waals surface area contributed by atoms with Crippen molar-refractivity contribution < 1.29 is 22.8 Å².